The number of ether oxygens (including phenoxy) is 2. The van der Waals surface area contributed by atoms with E-state index in [1.165, 1.54) is 0 Å². The van der Waals surface area contributed by atoms with Crippen LogP contribution >= 0.6 is 0 Å². The molecule has 0 bridgehead atoms. The summed E-state index contributed by atoms with van der Waals surface area (Å²) in [5, 5.41) is 5.91. The van der Waals surface area contributed by atoms with Gasteiger partial charge in [0, 0.05) is 24.5 Å². The molecular formula is C22H31N3O3. The number of carbonyl (C=O) groups is 1. The number of carbonyl (C=O) groups excluding carboxylic acids is 1. The number of hydrogen-bond acceptors (Lipinski definition) is 4. The van der Waals surface area contributed by atoms with E-state index < -0.39 is 5.54 Å². The zero-order valence-electron chi connectivity index (χ0n) is 17.6. The minimum atomic E-state index is -0.592. The highest BCUT2D eigenvalue weighted by molar-refractivity contribution is 5.90. The highest BCUT2D eigenvalue weighted by Gasteiger charge is 2.24. The molecule has 2 aromatic rings. The number of anilines is 2. The normalized spacial score (nSPS) is 10.9. The number of amides is 2. The van der Waals surface area contributed by atoms with E-state index in [0.29, 0.717) is 11.5 Å². The second-order valence-corrected chi connectivity index (χ2v) is 6.99. The van der Waals surface area contributed by atoms with Gasteiger partial charge < -0.3 is 25.0 Å². The van der Waals surface area contributed by atoms with Crippen molar-refractivity contribution in [1.82, 2.24) is 5.32 Å². The van der Waals surface area contributed by atoms with Crippen molar-refractivity contribution >= 4 is 17.4 Å². The van der Waals surface area contributed by atoms with Crippen LogP contribution in [0.5, 0.6) is 11.5 Å². The molecule has 0 saturated carbocycles. The average Bonchev–Trinajstić information content (AvgIpc) is 2.69. The number of hydrogen-bond donors (Lipinski definition) is 2. The van der Waals surface area contributed by atoms with Crippen LogP contribution in [0.2, 0.25) is 0 Å². The molecule has 152 valence electrons. The predicted octanol–water partition coefficient (Wildman–Crippen LogP) is 4.61. The Balaban J connectivity index is 2.07. The van der Waals surface area contributed by atoms with Crippen molar-refractivity contribution in [1.29, 1.82) is 0 Å². The third kappa shape index (κ3) is 5.09. The quantitative estimate of drug-likeness (QED) is 0.697. The predicted molar refractivity (Wildman–Crippen MR) is 115 cm³/mol. The number of methoxy groups -OCH3 is 2. The third-order valence-corrected chi connectivity index (χ3v) is 4.79. The van der Waals surface area contributed by atoms with Gasteiger partial charge in [0.2, 0.25) is 0 Å². The van der Waals surface area contributed by atoms with E-state index >= 15 is 0 Å². The molecule has 2 amide bonds. The molecule has 0 unspecified atom stereocenters. The summed E-state index contributed by atoms with van der Waals surface area (Å²) in [7, 11) is 3.19. The molecule has 0 heterocycles. The van der Waals surface area contributed by atoms with Crippen LogP contribution in [0.15, 0.2) is 42.5 Å². The van der Waals surface area contributed by atoms with Crippen LogP contribution in [0.4, 0.5) is 16.2 Å². The first kappa shape index (κ1) is 21.4. The van der Waals surface area contributed by atoms with Crippen LogP contribution in [-0.4, -0.2) is 33.3 Å². The molecule has 0 fully saturated rings. The van der Waals surface area contributed by atoms with Gasteiger partial charge in [-0.25, -0.2) is 4.79 Å². The maximum absolute atomic E-state index is 12.5. The average molecular weight is 386 g/mol. The minimum absolute atomic E-state index is 0.268. The second kappa shape index (κ2) is 9.35. The first-order valence-corrected chi connectivity index (χ1v) is 9.51. The number of benzene rings is 2. The summed E-state index contributed by atoms with van der Waals surface area (Å²) in [5.41, 5.74) is 2.21. The van der Waals surface area contributed by atoms with Gasteiger partial charge in [-0.15, -0.1) is 0 Å². The number of nitrogens with zero attached hydrogens (tertiary/aromatic N) is 1. The molecular weight excluding hydrogens is 354 g/mol. The van der Waals surface area contributed by atoms with Gasteiger partial charge in [-0.3, -0.25) is 0 Å². The Kier molecular flexibility index (Phi) is 7.15. The van der Waals surface area contributed by atoms with Crippen LogP contribution in [0.3, 0.4) is 0 Å². The topological polar surface area (TPSA) is 62.8 Å². The van der Waals surface area contributed by atoms with Gasteiger partial charge >= 0.3 is 6.03 Å². The second-order valence-electron chi connectivity index (χ2n) is 6.99. The maximum atomic E-state index is 12.5. The smallest absolute Gasteiger partial charge is 0.319 e. The van der Waals surface area contributed by atoms with Crippen molar-refractivity contribution in [2.45, 2.75) is 33.2 Å². The first-order valence-electron chi connectivity index (χ1n) is 9.51. The Morgan fingerprint density at radius 1 is 0.964 bits per heavy atom. The zero-order valence-corrected chi connectivity index (χ0v) is 17.6. The molecule has 0 aliphatic heterocycles. The molecule has 0 aliphatic rings. The van der Waals surface area contributed by atoms with Crippen molar-refractivity contribution in [3.05, 3.63) is 48.0 Å². The van der Waals surface area contributed by atoms with Crippen LogP contribution < -0.4 is 25.0 Å². The lowest BCUT2D eigenvalue weighted by atomic mass is 9.94. The lowest BCUT2D eigenvalue weighted by Gasteiger charge is -2.28. The molecule has 0 aromatic heterocycles. The van der Waals surface area contributed by atoms with Gasteiger partial charge in [0.15, 0.2) is 11.5 Å². The summed E-state index contributed by atoms with van der Waals surface area (Å²) < 4.78 is 10.6. The molecule has 0 saturated heterocycles. The van der Waals surface area contributed by atoms with Crippen molar-refractivity contribution < 1.29 is 14.3 Å². The molecule has 6 nitrogen and oxygen atoms in total. The Morgan fingerprint density at radius 2 is 1.57 bits per heavy atom. The van der Waals surface area contributed by atoms with E-state index in [1.54, 1.807) is 14.2 Å². The molecule has 0 radical (unpaired) electrons. The van der Waals surface area contributed by atoms with Gasteiger partial charge in [0.25, 0.3) is 0 Å². The summed E-state index contributed by atoms with van der Waals surface area (Å²) >= 11 is 0. The molecule has 6 heteroatoms. The van der Waals surface area contributed by atoms with Gasteiger partial charge in [-0.1, -0.05) is 6.07 Å². The van der Waals surface area contributed by atoms with Gasteiger partial charge in [-0.05, 0) is 69.7 Å². The highest BCUT2D eigenvalue weighted by atomic mass is 16.5. The molecule has 2 N–H and O–H groups in total. The largest absolute Gasteiger partial charge is 0.493 e. The summed E-state index contributed by atoms with van der Waals surface area (Å²) in [6.07, 6.45) is 0. The van der Waals surface area contributed by atoms with E-state index in [2.05, 4.69) is 29.4 Å². The summed E-state index contributed by atoms with van der Waals surface area (Å²) in [5.74, 6) is 1.28. The molecule has 0 spiro atoms. The van der Waals surface area contributed by atoms with E-state index in [1.807, 2.05) is 56.3 Å². The summed E-state index contributed by atoms with van der Waals surface area (Å²) in [6.45, 7) is 10.0. The zero-order chi connectivity index (χ0) is 20.7. The van der Waals surface area contributed by atoms with Crippen LogP contribution in [-0.2, 0) is 5.54 Å². The standard InChI is InChI=1S/C22H31N3O3/c1-7-25(8-2)18-12-10-17(11-13-18)23-21(26)24-22(3,4)16-9-14-19(27-5)20(15-16)28-6/h9-15H,7-8H2,1-6H3,(H2,23,24,26). The molecule has 2 aromatic carbocycles. The van der Waals surface area contributed by atoms with Crippen molar-refractivity contribution in [3.63, 3.8) is 0 Å². The Hall–Kier alpha value is -2.89. The number of urea groups is 1. The molecule has 0 aliphatic carbocycles. The molecule has 28 heavy (non-hydrogen) atoms. The van der Waals surface area contributed by atoms with Crippen molar-refractivity contribution in [3.8, 4) is 11.5 Å². The Labute approximate surface area is 167 Å². The SMILES string of the molecule is CCN(CC)c1ccc(NC(=O)NC(C)(C)c2ccc(OC)c(OC)c2)cc1. The number of rotatable bonds is 8. The van der Waals surface area contributed by atoms with E-state index in [0.717, 1.165) is 30.0 Å². The minimum Gasteiger partial charge on any atom is -0.493 e. The summed E-state index contributed by atoms with van der Waals surface area (Å²) in [4.78, 5) is 14.8. The van der Waals surface area contributed by atoms with Gasteiger partial charge in [0.1, 0.15) is 0 Å². The van der Waals surface area contributed by atoms with E-state index in [-0.39, 0.29) is 6.03 Å². The summed E-state index contributed by atoms with van der Waals surface area (Å²) in [6, 6.07) is 13.2. The Morgan fingerprint density at radius 3 is 2.11 bits per heavy atom. The monoisotopic (exact) mass is 385 g/mol. The van der Waals surface area contributed by atoms with Crippen molar-refractivity contribution in [2.24, 2.45) is 0 Å². The van der Waals surface area contributed by atoms with Crippen LogP contribution in [0, 0.1) is 0 Å². The fourth-order valence-corrected chi connectivity index (χ4v) is 3.09. The maximum Gasteiger partial charge on any atom is 0.319 e. The van der Waals surface area contributed by atoms with Crippen LogP contribution in [0.25, 0.3) is 0 Å². The van der Waals surface area contributed by atoms with E-state index in [4.69, 9.17) is 9.47 Å². The number of nitrogens with one attached hydrogen (secondary N) is 2. The third-order valence-electron chi connectivity index (χ3n) is 4.79. The molecule has 0 atom stereocenters. The highest BCUT2D eigenvalue weighted by Crippen LogP contribution is 2.32. The molecule has 2 rings (SSSR count). The first-order chi connectivity index (χ1) is 13.3. The lowest BCUT2D eigenvalue weighted by molar-refractivity contribution is 0.241. The van der Waals surface area contributed by atoms with Gasteiger partial charge in [0.05, 0.1) is 19.8 Å². The Bertz CT molecular complexity index is 784. The van der Waals surface area contributed by atoms with Crippen LogP contribution in [0.1, 0.15) is 33.3 Å². The van der Waals surface area contributed by atoms with E-state index in [9.17, 15) is 4.79 Å². The van der Waals surface area contributed by atoms with Crippen molar-refractivity contribution in [2.75, 3.05) is 37.5 Å². The fraction of sp³-hybridized carbons (Fsp3) is 0.409. The van der Waals surface area contributed by atoms with Gasteiger partial charge in [-0.2, -0.15) is 0 Å². The lowest BCUT2D eigenvalue weighted by Crippen LogP contribution is -2.43. The fourth-order valence-electron chi connectivity index (χ4n) is 3.09.